The minimum absolute atomic E-state index is 0.0101. The summed E-state index contributed by atoms with van der Waals surface area (Å²) in [6, 6.07) is 7.41. The highest BCUT2D eigenvalue weighted by Gasteiger charge is 2.29. The lowest BCUT2D eigenvalue weighted by Gasteiger charge is -2.34. The van der Waals surface area contributed by atoms with Crippen molar-refractivity contribution in [1.82, 2.24) is 4.98 Å². The Morgan fingerprint density at radius 1 is 1.33 bits per heavy atom. The van der Waals surface area contributed by atoms with Crippen molar-refractivity contribution in [1.29, 1.82) is 0 Å². The number of hydrogen-bond donors (Lipinski definition) is 0. The average molecular weight is 367 g/mol. The fourth-order valence-corrected chi connectivity index (χ4v) is 4.89. The van der Waals surface area contributed by atoms with Gasteiger partial charge in [-0.15, -0.1) is 11.3 Å². The summed E-state index contributed by atoms with van der Waals surface area (Å²) >= 11 is 1.20. The molecule has 0 spiro atoms. The first-order chi connectivity index (χ1) is 11.3. The highest BCUT2D eigenvalue weighted by atomic mass is 32.2. The van der Waals surface area contributed by atoms with Crippen LogP contribution in [-0.2, 0) is 19.3 Å². The van der Waals surface area contributed by atoms with Gasteiger partial charge in [0.1, 0.15) is 0 Å². The van der Waals surface area contributed by atoms with Crippen LogP contribution in [0.25, 0.3) is 10.2 Å². The van der Waals surface area contributed by atoms with Crippen LogP contribution >= 0.6 is 11.3 Å². The number of rotatable bonds is 4. The predicted molar refractivity (Wildman–Crippen MR) is 94.9 cm³/mol. The first-order valence-electron chi connectivity index (χ1n) is 7.75. The zero-order valence-corrected chi connectivity index (χ0v) is 15.6. The van der Waals surface area contributed by atoms with E-state index in [1.165, 1.54) is 11.3 Å². The monoisotopic (exact) mass is 367 g/mol. The summed E-state index contributed by atoms with van der Waals surface area (Å²) in [4.78, 5) is 4.23. The average Bonchev–Trinajstić information content (AvgIpc) is 2.98. The Labute approximate surface area is 146 Å². The summed E-state index contributed by atoms with van der Waals surface area (Å²) in [5, 5.41) is 0. The molecule has 1 aliphatic rings. The van der Waals surface area contributed by atoms with Crippen LogP contribution in [0.3, 0.4) is 0 Å². The molecular weight excluding hydrogens is 346 g/mol. The molecule has 1 fully saturated rings. The predicted octanol–water partition coefficient (Wildman–Crippen LogP) is 3.42. The second-order valence-electron chi connectivity index (χ2n) is 6.80. The lowest BCUT2D eigenvalue weighted by Crippen LogP contribution is -2.38. The van der Waals surface area contributed by atoms with Crippen molar-refractivity contribution in [2.24, 2.45) is 5.41 Å². The van der Waals surface area contributed by atoms with Gasteiger partial charge in [-0.1, -0.05) is 32.1 Å². The summed E-state index contributed by atoms with van der Waals surface area (Å²) in [6.45, 7) is 7.15. The van der Waals surface area contributed by atoms with Crippen molar-refractivity contribution in [3.8, 4) is 0 Å². The standard InChI is InChI=1S/C17H21NO4S2/c1-12(15-21-10-17(2,3)11-22-15)8-9-24(19,20)16-18-13-6-4-5-7-14(13)23-16/h4-8,15H,9-11H2,1-3H3. The number of sulfone groups is 1. The second-order valence-corrected chi connectivity index (χ2v) is 10.0. The number of nitrogens with zero attached hydrogens (tertiary/aromatic N) is 1. The normalized spacial score (nSPS) is 19.7. The van der Waals surface area contributed by atoms with Gasteiger partial charge < -0.3 is 9.47 Å². The van der Waals surface area contributed by atoms with Crippen molar-refractivity contribution in [3.05, 3.63) is 35.9 Å². The Morgan fingerprint density at radius 3 is 2.67 bits per heavy atom. The molecule has 1 aromatic carbocycles. The highest BCUT2D eigenvalue weighted by Crippen LogP contribution is 2.28. The van der Waals surface area contributed by atoms with Crippen LogP contribution in [0, 0.1) is 5.41 Å². The van der Waals surface area contributed by atoms with Gasteiger partial charge >= 0.3 is 0 Å². The van der Waals surface area contributed by atoms with Crippen LogP contribution in [-0.4, -0.2) is 38.7 Å². The van der Waals surface area contributed by atoms with E-state index in [4.69, 9.17) is 9.47 Å². The van der Waals surface area contributed by atoms with E-state index in [-0.39, 0.29) is 15.5 Å². The minimum Gasteiger partial charge on any atom is -0.348 e. The third-order valence-corrected chi connectivity index (χ3v) is 6.86. The zero-order chi connectivity index (χ0) is 17.4. The van der Waals surface area contributed by atoms with Crippen LogP contribution in [0.15, 0.2) is 40.3 Å². The number of ether oxygens (including phenoxy) is 2. The lowest BCUT2D eigenvalue weighted by atomic mass is 9.95. The zero-order valence-electron chi connectivity index (χ0n) is 14.0. The van der Waals surface area contributed by atoms with E-state index in [9.17, 15) is 8.42 Å². The third-order valence-electron chi connectivity index (χ3n) is 3.79. The Balaban J connectivity index is 1.72. The first kappa shape index (κ1) is 17.5. The maximum atomic E-state index is 12.5. The number of benzene rings is 1. The van der Waals surface area contributed by atoms with Crippen LogP contribution in [0.5, 0.6) is 0 Å². The maximum Gasteiger partial charge on any atom is 0.210 e. The molecule has 0 radical (unpaired) electrons. The molecule has 24 heavy (non-hydrogen) atoms. The molecule has 0 bridgehead atoms. The minimum atomic E-state index is -3.46. The van der Waals surface area contributed by atoms with Gasteiger partial charge in [-0.25, -0.2) is 13.4 Å². The number of hydrogen-bond acceptors (Lipinski definition) is 6. The molecule has 0 atom stereocenters. The molecule has 2 aromatic rings. The van der Waals surface area contributed by atoms with Gasteiger partial charge in [-0.3, -0.25) is 0 Å². The molecule has 1 aliphatic heterocycles. The Kier molecular flexibility index (Phi) is 4.79. The molecule has 0 saturated carbocycles. The lowest BCUT2D eigenvalue weighted by molar-refractivity contribution is -0.202. The van der Waals surface area contributed by atoms with Crippen molar-refractivity contribution in [3.63, 3.8) is 0 Å². The van der Waals surface area contributed by atoms with E-state index in [0.717, 1.165) is 10.3 Å². The Morgan fingerprint density at radius 2 is 2.00 bits per heavy atom. The fourth-order valence-electron chi connectivity index (χ4n) is 2.35. The van der Waals surface area contributed by atoms with Crippen molar-refractivity contribution in [2.75, 3.05) is 19.0 Å². The first-order valence-corrected chi connectivity index (χ1v) is 10.2. The summed E-state index contributed by atoms with van der Waals surface area (Å²) in [6.07, 6.45) is 1.19. The quantitative estimate of drug-likeness (QED) is 0.775. The van der Waals surface area contributed by atoms with Gasteiger partial charge in [-0.2, -0.15) is 0 Å². The summed E-state index contributed by atoms with van der Waals surface area (Å²) in [5.41, 5.74) is 1.47. The van der Waals surface area contributed by atoms with E-state index in [2.05, 4.69) is 18.8 Å². The summed E-state index contributed by atoms with van der Waals surface area (Å²) in [7, 11) is -3.46. The van der Waals surface area contributed by atoms with Crippen LogP contribution in [0.2, 0.25) is 0 Å². The van der Waals surface area contributed by atoms with Gasteiger partial charge in [0.25, 0.3) is 0 Å². The van der Waals surface area contributed by atoms with Gasteiger partial charge in [0.05, 0.1) is 29.2 Å². The molecule has 3 rings (SSSR count). The fraction of sp³-hybridized carbons (Fsp3) is 0.471. The molecule has 0 amide bonds. The topological polar surface area (TPSA) is 65.5 Å². The van der Waals surface area contributed by atoms with Crippen LogP contribution in [0.1, 0.15) is 20.8 Å². The van der Waals surface area contributed by atoms with E-state index in [1.807, 2.05) is 31.2 Å². The van der Waals surface area contributed by atoms with Gasteiger partial charge in [-0.05, 0) is 24.6 Å². The Bertz CT molecular complexity index is 825. The molecule has 0 N–H and O–H groups in total. The second kappa shape index (κ2) is 6.55. The van der Waals surface area contributed by atoms with Gasteiger partial charge in [0.15, 0.2) is 6.29 Å². The van der Waals surface area contributed by atoms with Gasteiger partial charge in [0, 0.05) is 5.41 Å². The van der Waals surface area contributed by atoms with E-state index >= 15 is 0 Å². The molecule has 2 heterocycles. The van der Waals surface area contributed by atoms with E-state index in [0.29, 0.717) is 18.7 Å². The van der Waals surface area contributed by atoms with Crippen molar-refractivity contribution in [2.45, 2.75) is 31.4 Å². The molecule has 0 aliphatic carbocycles. The number of aromatic nitrogens is 1. The highest BCUT2D eigenvalue weighted by molar-refractivity contribution is 7.93. The van der Waals surface area contributed by atoms with Crippen LogP contribution in [0.4, 0.5) is 0 Å². The molecule has 0 unspecified atom stereocenters. The van der Waals surface area contributed by atoms with Gasteiger partial charge in [0.2, 0.25) is 14.2 Å². The molecule has 1 aromatic heterocycles. The molecule has 1 saturated heterocycles. The number of thiazole rings is 1. The van der Waals surface area contributed by atoms with Crippen molar-refractivity contribution >= 4 is 31.4 Å². The van der Waals surface area contributed by atoms with Crippen LogP contribution < -0.4 is 0 Å². The number of para-hydroxylation sites is 1. The maximum absolute atomic E-state index is 12.5. The smallest absolute Gasteiger partial charge is 0.210 e. The Hall–Kier alpha value is -1.28. The molecular formula is C17H21NO4S2. The molecule has 7 heteroatoms. The summed E-state index contributed by atoms with van der Waals surface area (Å²) < 4.78 is 37.4. The van der Waals surface area contributed by atoms with E-state index < -0.39 is 16.1 Å². The molecule has 5 nitrogen and oxygen atoms in total. The molecule has 130 valence electrons. The van der Waals surface area contributed by atoms with E-state index in [1.54, 1.807) is 6.08 Å². The van der Waals surface area contributed by atoms with Crippen molar-refractivity contribution < 1.29 is 17.9 Å². The largest absolute Gasteiger partial charge is 0.348 e. The number of fused-ring (bicyclic) bond motifs is 1. The third kappa shape index (κ3) is 3.85. The summed E-state index contributed by atoms with van der Waals surface area (Å²) in [5.74, 6) is -0.106. The SMILES string of the molecule is CC(=CCS(=O)(=O)c1nc2ccccc2s1)C1OCC(C)(C)CO1.